The van der Waals surface area contributed by atoms with Crippen molar-refractivity contribution in [3.8, 4) is 0 Å². The van der Waals surface area contributed by atoms with Crippen molar-refractivity contribution in [2.24, 2.45) is 0 Å². The maximum absolute atomic E-state index is 11.7. The van der Waals surface area contributed by atoms with Crippen LogP contribution in [0.25, 0.3) is 6.08 Å². The fraction of sp³-hybridized carbons (Fsp3) is 0.500. The molecule has 5 nitrogen and oxygen atoms in total. The van der Waals surface area contributed by atoms with Gasteiger partial charge in [-0.2, -0.15) is 0 Å². The van der Waals surface area contributed by atoms with E-state index in [0.717, 1.165) is 25.7 Å². The predicted molar refractivity (Wildman–Crippen MR) is 78.3 cm³/mol. The van der Waals surface area contributed by atoms with E-state index < -0.39 is 5.97 Å². The highest BCUT2D eigenvalue weighted by Gasteiger charge is 2.15. The number of furan rings is 1. The van der Waals surface area contributed by atoms with Crippen LogP contribution in [0, 0.1) is 0 Å². The van der Waals surface area contributed by atoms with Gasteiger partial charge in [-0.1, -0.05) is 25.7 Å². The van der Waals surface area contributed by atoms with Crippen molar-refractivity contribution in [1.29, 1.82) is 0 Å². The first-order valence-corrected chi connectivity index (χ1v) is 7.42. The summed E-state index contributed by atoms with van der Waals surface area (Å²) in [4.78, 5) is 23.2. The molecule has 0 aliphatic heterocycles. The van der Waals surface area contributed by atoms with E-state index in [2.05, 4.69) is 5.32 Å². The number of hydrogen-bond acceptors (Lipinski definition) is 4. The van der Waals surface area contributed by atoms with Crippen molar-refractivity contribution < 1.29 is 18.7 Å². The highest BCUT2D eigenvalue weighted by atomic mass is 16.5. The Balaban J connectivity index is 1.67. The van der Waals surface area contributed by atoms with Gasteiger partial charge in [0, 0.05) is 12.1 Å². The molecule has 0 bridgehead atoms. The molecule has 21 heavy (non-hydrogen) atoms. The zero-order chi connectivity index (χ0) is 14.9. The van der Waals surface area contributed by atoms with E-state index in [1.807, 2.05) is 0 Å². The first-order chi connectivity index (χ1) is 10.2. The van der Waals surface area contributed by atoms with Gasteiger partial charge in [0.25, 0.3) is 5.91 Å². The van der Waals surface area contributed by atoms with Crippen LogP contribution in [0.3, 0.4) is 0 Å². The van der Waals surface area contributed by atoms with Gasteiger partial charge in [-0.05, 0) is 31.1 Å². The van der Waals surface area contributed by atoms with Gasteiger partial charge in [-0.15, -0.1) is 0 Å². The minimum Gasteiger partial charge on any atom is -0.465 e. The molecule has 0 atom stereocenters. The molecule has 1 fully saturated rings. The Hall–Kier alpha value is -2.04. The van der Waals surface area contributed by atoms with Gasteiger partial charge >= 0.3 is 5.97 Å². The van der Waals surface area contributed by atoms with Crippen LogP contribution in [0.4, 0.5) is 0 Å². The van der Waals surface area contributed by atoms with Crippen molar-refractivity contribution in [3.05, 3.63) is 30.2 Å². The first kappa shape index (κ1) is 15.4. The molecule has 1 saturated carbocycles. The third-order valence-electron chi connectivity index (χ3n) is 3.49. The summed E-state index contributed by atoms with van der Waals surface area (Å²) in [5, 5.41) is 2.93. The Kier molecular flexibility index (Phi) is 6.06. The zero-order valence-corrected chi connectivity index (χ0v) is 12.0. The highest BCUT2D eigenvalue weighted by molar-refractivity contribution is 5.88. The third-order valence-corrected chi connectivity index (χ3v) is 3.49. The third kappa shape index (κ3) is 5.85. The van der Waals surface area contributed by atoms with Gasteiger partial charge in [0.2, 0.25) is 0 Å². The van der Waals surface area contributed by atoms with Gasteiger partial charge in [0.15, 0.2) is 6.61 Å². The van der Waals surface area contributed by atoms with E-state index in [0.29, 0.717) is 5.76 Å². The Bertz CT molecular complexity index is 470. The summed E-state index contributed by atoms with van der Waals surface area (Å²) in [6.07, 6.45) is 11.1. The molecule has 2 rings (SSSR count). The monoisotopic (exact) mass is 291 g/mol. The van der Waals surface area contributed by atoms with Crippen LogP contribution in [0.15, 0.2) is 28.9 Å². The van der Waals surface area contributed by atoms with Gasteiger partial charge in [0.05, 0.1) is 6.26 Å². The predicted octanol–water partition coefficient (Wildman–Crippen LogP) is 2.68. The number of esters is 1. The molecule has 1 aliphatic rings. The number of carbonyl (C=O) groups excluding carboxylic acids is 2. The van der Waals surface area contributed by atoms with Crippen molar-refractivity contribution >= 4 is 18.0 Å². The summed E-state index contributed by atoms with van der Waals surface area (Å²) in [5.74, 6) is -0.223. The molecule has 0 radical (unpaired) electrons. The van der Waals surface area contributed by atoms with E-state index >= 15 is 0 Å². The number of hydrogen-bond donors (Lipinski definition) is 1. The smallest absolute Gasteiger partial charge is 0.331 e. The molecule has 1 aromatic rings. The molecular weight excluding hydrogens is 270 g/mol. The minimum absolute atomic E-state index is 0.220. The van der Waals surface area contributed by atoms with Crippen molar-refractivity contribution in [1.82, 2.24) is 5.32 Å². The maximum atomic E-state index is 11.7. The fourth-order valence-electron chi connectivity index (χ4n) is 2.41. The maximum Gasteiger partial charge on any atom is 0.331 e. The summed E-state index contributed by atoms with van der Waals surface area (Å²) < 4.78 is 9.94. The summed E-state index contributed by atoms with van der Waals surface area (Å²) >= 11 is 0. The summed E-state index contributed by atoms with van der Waals surface area (Å²) in [5.41, 5.74) is 0. The second-order valence-electron chi connectivity index (χ2n) is 5.21. The molecule has 114 valence electrons. The van der Waals surface area contributed by atoms with E-state index in [1.165, 1.54) is 31.3 Å². The lowest BCUT2D eigenvalue weighted by atomic mass is 10.1. The van der Waals surface area contributed by atoms with Gasteiger partial charge < -0.3 is 14.5 Å². The number of ether oxygens (including phenoxy) is 1. The lowest BCUT2D eigenvalue weighted by Crippen LogP contribution is -2.37. The number of amides is 1. The van der Waals surface area contributed by atoms with Gasteiger partial charge in [0.1, 0.15) is 5.76 Å². The highest BCUT2D eigenvalue weighted by Crippen LogP contribution is 2.17. The first-order valence-electron chi connectivity index (χ1n) is 7.42. The molecule has 0 aromatic carbocycles. The number of rotatable bonds is 5. The Morgan fingerprint density at radius 3 is 2.71 bits per heavy atom. The van der Waals surface area contributed by atoms with Crippen LogP contribution in [-0.4, -0.2) is 24.5 Å². The van der Waals surface area contributed by atoms with Gasteiger partial charge in [-0.3, -0.25) is 4.79 Å². The van der Waals surface area contributed by atoms with Crippen LogP contribution >= 0.6 is 0 Å². The van der Waals surface area contributed by atoms with E-state index in [4.69, 9.17) is 9.15 Å². The molecule has 1 amide bonds. The van der Waals surface area contributed by atoms with Crippen molar-refractivity contribution in [2.45, 2.75) is 44.6 Å². The molecule has 1 heterocycles. The van der Waals surface area contributed by atoms with E-state index in [1.54, 1.807) is 12.1 Å². The Morgan fingerprint density at radius 2 is 2.05 bits per heavy atom. The molecule has 0 saturated heterocycles. The lowest BCUT2D eigenvalue weighted by Gasteiger charge is -2.15. The van der Waals surface area contributed by atoms with Crippen LogP contribution in [0.5, 0.6) is 0 Å². The normalized spacial score (nSPS) is 16.6. The lowest BCUT2D eigenvalue weighted by molar-refractivity contribution is -0.144. The standard InChI is InChI=1S/C16H21NO4/c18-15(17-13-6-3-1-2-4-7-13)12-21-16(19)10-9-14-8-5-11-20-14/h5,8-11,13H,1-4,6-7,12H2,(H,17,18). The molecule has 1 aliphatic carbocycles. The summed E-state index contributed by atoms with van der Waals surface area (Å²) in [6, 6.07) is 3.67. The van der Waals surface area contributed by atoms with E-state index in [9.17, 15) is 9.59 Å². The number of nitrogens with one attached hydrogen (secondary N) is 1. The fourth-order valence-corrected chi connectivity index (χ4v) is 2.41. The van der Waals surface area contributed by atoms with Crippen molar-refractivity contribution in [3.63, 3.8) is 0 Å². The molecular formula is C16H21NO4. The topological polar surface area (TPSA) is 68.5 Å². The van der Waals surface area contributed by atoms with Crippen LogP contribution in [0.2, 0.25) is 0 Å². The summed E-state index contributed by atoms with van der Waals surface area (Å²) in [7, 11) is 0. The SMILES string of the molecule is O=C(COC(=O)C=Cc1ccco1)NC1CCCCCC1. The minimum atomic E-state index is -0.553. The zero-order valence-electron chi connectivity index (χ0n) is 12.0. The van der Waals surface area contributed by atoms with Crippen LogP contribution in [0.1, 0.15) is 44.3 Å². The second kappa shape index (κ2) is 8.29. The second-order valence-corrected chi connectivity index (χ2v) is 5.21. The molecule has 0 spiro atoms. The van der Waals surface area contributed by atoms with Crippen LogP contribution < -0.4 is 5.32 Å². The quantitative estimate of drug-likeness (QED) is 0.514. The Labute approximate surface area is 124 Å². The Morgan fingerprint density at radius 1 is 1.29 bits per heavy atom. The van der Waals surface area contributed by atoms with Gasteiger partial charge in [-0.25, -0.2) is 4.79 Å². The van der Waals surface area contributed by atoms with Crippen LogP contribution in [-0.2, 0) is 14.3 Å². The molecule has 1 N–H and O–H groups in total. The average molecular weight is 291 g/mol. The largest absolute Gasteiger partial charge is 0.465 e. The number of carbonyl (C=O) groups is 2. The average Bonchev–Trinajstić information content (AvgIpc) is 2.87. The molecule has 1 aromatic heterocycles. The van der Waals surface area contributed by atoms with E-state index in [-0.39, 0.29) is 18.6 Å². The summed E-state index contributed by atoms with van der Waals surface area (Å²) in [6.45, 7) is -0.238. The van der Waals surface area contributed by atoms with Crippen molar-refractivity contribution in [2.75, 3.05) is 6.61 Å². The molecule has 0 unspecified atom stereocenters. The molecule has 5 heteroatoms.